The highest BCUT2D eigenvalue weighted by Gasteiger charge is 2.15. The van der Waals surface area contributed by atoms with Crippen molar-refractivity contribution >= 4 is 27.5 Å². The molecule has 0 amide bonds. The molecule has 0 aliphatic heterocycles. The van der Waals surface area contributed by atoms with E-state index in [1.54, 1.807) is 12.1 Å². The lowest BCUT2D eigenvalue weighted by Crippen LogP contribution is -2.19. The van der Waals surface area contributed by atoms with Gasteiger partial charge in [-0.25, -0.2) is 4.39 Å². The lowest BCUT2D eigenvalue weighted by Gasteiger charge is -2.19. The Kier molecular flexibility index (Phi) is 5.58. The number of hydrogen-bond acceptors (Lipinski definition) is 1. The first kappa shape index (κ1) is 15.5. The maximum Gasteiger partial charge on any atom is 0.141 e. The van der Waals surface area contributed by atoms with E-state index in [9.17, 15) is 4.39 Å². The fourth-order valence-electron chi connectivity index (χ4n) is 2.30. The van der Waals surface area contributed by atoms with Gasteiger partial charge in [0.05, 0.1) is 5.02 Å². The van der Waals surface area contributed by atoms with Gasteiger partial charge >= 0.3 is 0 Å². The molecule has 0 bridgehead atoms. The third kappa shape index (κ3) is 3.81. The summed E-state index contributed by atoms with van der Waals surface area (Å²) in [5.74, 6) is -0.0708. The smallest absolute Gasteiger partial charge is 0.141 e. The molecule has 1 atom stereocenters. The van der Waals surface area contributed by atoms with Gasteiger partial charge in [0.15, 0.2) is 0 Å². The Morgan fingerprint density at radius 3 is 2.65 bits per heavy atom. The molecule has 0 aromatic heterocycles. The molecule has 0 fully saturated rings. The molecule has 4 heteroatoms. The Labute approximate surface area is 132 Å². The molecule has 0 saturated heterocycles. The molecule has 0 aliphatic carbocycles. The zero-order valence-corrected chi connectivity index (χ0v) is 13.5. The molecule has 1 unspecified atom stereocenters. The van der Waals surface area contributed by atoms with E-state index in [4.69, 9.17) is 11.6 Å². The van der Waals surface area contributed by atoms with Gasteiger partial charge in [0, 0.05) is 16.9 Å². The van der Waals surface area contributed by atoms with Crippen molar-refractivity contribution in [3.05, 3.63) is 68.9 Å². The lowest BCUT2D eigenvalue weighted by molar-refractivity contribution is 0.614. The number of halogens is 3. The molecule has 0 radical (unpaired) electrons. The molecular weight excluding hydrogens is 341 g/mol. The van der Waals surface area contributed by atoms with Crippen LogP contribution in [0.1, 0.15) is 17.0 Å². The van der Waals surface area contributed by atoms with Crippen molar-refractivity contribution in [2.45, 2.75) is 12.3 Å². The summed E-state index contributed by atoms with van der Waals surface area (Å²) >= 11 is 9.44. The topological polar surface area (TPSA) is 12.0 Å². The fourth-order valence-corrected chi connectivity index (χ4v) is 3.11. The summed E-state index contributed by atoms with van der Waals surface area (Å²) < 4.78 is 14.3. The van der Waals surface area contributed by atoms with Crippen LogP contribution in [0.2, 0.25) is 5.02 Å². The number of benzene rings is 2. The predicted octanol–water partition coefficient (Wildman–Crippen LogP) is 4.79. The van der Waals surface area contributed by atoms with Crippen LogP contribution in [0.25, 0.3) is 0 Å². The second-order valence-corrected chi connectivity index (χ2v) is 5.99. The Bertz CT molecular complexity index is 588. The summed E-state index contributed by atoms with van der Waals surface area (Å²) in [6.07, 6.45) is 0.809. The average Bonchev–Trinajstić information content (AvgIpc) is 2.43. The van der Waals surface area contributed by atoms with Crippen LogP contribution in [0, 0.1) is 5.82 Å². The zero-order chi connectivity index (χ0) is 14.5. The molecule has 20 heavy (non-hydrogen) atoms. The molecule has 2 aromatic carbocycles. The Balaban J connectivity index is 2.25. The van der Waals surface area contributed by atoms with Gasteiger partial charge < -0.3 is 5.32 Å². The minimum Gasteiger partial charge on any atom is -0.319 e. The van der Waals surface area contributed by atoms with Crippen LogP contribution < -0.4 is 5.32 Å². The minimum atomic E-state index is -0.374. The van der Waals surface area contributed by atoms with Gasteiger partial charge in [0.2, 0.25) is 0 Å². The molecule has 106 valence electrons. The van der Waals surface area contributed by atoms with Crippen molar-refractivity contribution in [2.75, 3.05) is 13.6 Å². The largest absolute Gasteiger partial charge is 0.319 e. The summed E-state index contributed by atoms with van der Waals surface area (Å²) in [5.41, 5.74) is 2.27. The molecule has 1 nitrogen and oxygen atoms in total. The van der Waals surface area contributed by atoms with Crippen LogP contribution in [0.5, 0.6) is 0 Å². The third-order valence-corrected chi connectivity index (χ3v) is 4.27. The van der Waals surface area contributed by atoms with Crippen LogP contribution >= 0.6 is 27.5 Å². The van der Waals surface area contributed by atoms with Crippen molar-refractivity contribution in [1.29, 1.82) is 0 Å². The van der Waals surface area contributed by atoms with Gasteiger partial charge in [-0.1, -0.05) is 51.8 Å². The van der Waals surface area contributed by atoms with E-state index in [2.05, 4.69) is 27.3 Å². The SMILES string of the molecule is CNCC(Cc1ccc(F)c(Cl)c1)c1ccccc1Br. The van der Waals surface area contributed by atoms with Gasteiger partial charge in [-0.05, 0) is 42.8 Å². The first-order valence-electron chi connectivity index (χ1n) is 6.44. The normalized spacial score (nSPS) is 12.4. The quantitative estimate of drug-likeness (QED) is 0.812. The molecule has 0 saturated carbocycles. The second-order valence-electron chi connectivity index (χ2n) is 4.73. The molecule has 2 rings (SSSR count). The number of nitrogens with one attached hydrogen (secondary N) is 1. The van der Waals surface area contributed by atoms with E-state index in [0.717, 1.165) is 23.0 Å². The highest BCUT2D eigenvalue weighted by molar-refractivity contribution is 9.10. The second kappa shape index (κ2) is 7.21. The van der Waals surface area contributed by atoms with E-state index in [1.807, 2.05) is 25.2 Å². The number of hydrogen-bond donors (Lipinski definition) is 1. The monoisotopic (exact) mass is 355 g/mol. The van der Waals surface area contributed by atoms with E-state index in [-0.39, 0.29) is 10.8 Å². The van der Waals surface area contributed by atoms with E-state index < -0.39 is 0 Å². The van der Waals surface area contributed by atoms with E-state index >= 15 is 0 Å². The number of likely N-dealkylation sites (N-methyl/N-ethyl adjacent to an activating group) is 1. The highest BCUT2D eigenvalue weighted by atomic mass is 79.9. The van der Waals surface area contributed by atoms with Gasteiger partial charge in [-0.3, -0.25) is 0 Å². The van der Waals surface area contributed by atoms with Gasteiger partial charge in [0.25, 0.3) is 0 Å². The van der Waals surface area contributed by atoms with Crippen LogP contribution in [-0.2, 0) is 6.42 Å². The molecule has 0 aliphatic rings. The lowest BCUT2D eigenvalue weighted by atomic mass is 9.92. The van der Waals surface area contributed by atoms with Crippen LogP contribution in [0.4, 0.5) is 4.39 Å². The van der Waals surface area contributed by atoms with E-state index in [1.165, 1.54) is 11.6 Å². The summed E-state index contributed by atoms with van der Waals surface area (Å²) in [6.45, 7) is 0.845. The fraction of sp³-hybridized carbons (Fsp3) is 0.250. The van der Waals surface area contributed by atoms with Crippen molar-refractivity contribution in [1.82, 2.24) is 5.32 Å². The van der Waals surface area contributed by atoms with Crippen LogP contribution in [0.3, 0.4) is 0 Å². The molecular formula is C16H16BrClFN. The summed E-state index contributed by atoms with van der Waals surface area (Å²) in [6, 6.07) is 13.1. The number of rotatable bonds is 5. The highest BCUT2D eigenvalue weighted by Crippen LogP contribution is 2.28. The van der Waals surface area contributed by atoms with Crippen LogP contribution in [-0.4, -0.2) is 13.6 Å². The molecule has 0 spiro atoms. The summed E-state index contributed by atoms with van der Waals surface area (Å²) in [7, 11) is 1.93. The van der Waals surface area contributed by atoms with E-state index in [0.29, 0.717) is 5.92 Å². The van der Waals surface area contributed by atoms with Crippen molar-refractivity contribution in [3.8, 4) is 0 Å². The van der Waals surface area contributed by atoms with Crippen molar-refractivity contribution in [3.63, 3.8) is 0 Å². The maximum absolute atomic E-state index is 13.2. The van der Waals surface area contributed by atoms with Crippen LogP contribution in [0.15, 0.2) is 46.9 Å². The standard InChI is InChI=1S/C16H16BrClFN/c1-20-10-12(13-4-2-3-5-14(13)17)8-11-6-7-16(19)15(18)9-11/h2-7,9,12,20H,8,10H2,1H3. The summed E-state index contributed by atoms with van der Waals surface area (Å²) in [4.78, 5) is 0. The Hall–Kier alpha value is -0.900. The first-order valence-corrected chi connectivity index (χ1v) is 7.62. The third-order valence-electron chi connectivity index (χ3n) is 3.26. The molecule has 2 aromatic rings. The Morgan fingerprint density at radius 1 is 1.25 bits per heavy atom. The minimum absolute atomic E-state index is 0.179. The predicted molar refractivity (Wildman–Crippen MR) is 85.9 cm³/mol. The van der Waals surface area contributed by atoms with Crippen molar-refractivity contribution in [2.24, 2.45) is 0 Å². The van der Waals surface area contributed by atoms with Gasteiger partial charge in [-0.15, -0.1) is 0 Å². The van der Waals surface area contributed by atoms with Gasteiger partial charge in [0.1, 0.15) is 5.82 Å². The Morgan fingerprint density at radius 2 is 2.00 bits per heavy atom. The average molecular weight is 357 g/mol. The zero-order valence-electron chi connectivity index (χ0n) is 11.2. The first-order chi connectivity index (χ1) is 9.61. The molecule has 0 heterocycles. The maximum atomic E-state index is 13.2. The van der Waals surface area contributed by atoms with Gasteiger partial charge in [-0.2, -0.15) is 0 Å². The molecule has 1 N–H and O–H groups in total. The van der Waals surface area contributed by atoms with Crippen molar-refractivity contribution < 1.29 is 4.39 Å². The summed E-state index contributed by atoms with van der Waals surface area (Å²) in [5, 5.41) is 3.39.